The number of hydrogen-bond donors (Lipinski definition) is 0. The van der Waals surface area contributed by atoms with Crippen LogP contribution in [0.1, 0.15) is 67.6 Å². The fourth-order valence-electron chi connectivity index (χ4n) is 6.64. The van der Waals surface area contributed by atoms with Crippen LogP contribution in [0, 0.1) is 0 Å². The summed E-state index contributed by atoms with van der Waals surface area (Å²) in [5, 5.41) is 4.39. The zero-order valence-electron chi connectivity index (χ0n) is 23.8. The van der Waals surface area contributed by atoms with Crippen molar-refractivity contribution < 1.29 is 17.9 Å². The molecular weight excluding hydrogens is 524 g/mol. The third-order valence-corrected chi connectivity index (χ3v) is 10.3. The van der Waals surface area contributed by atoms with Crippen LogP contribution < -0.4 is 9.64 Å². The third-order valence-electron chi connectivity index (χ3n) is 9.28. The molecule has 2 aliphatic heterocycles. The summed E-state index contributed by atoms with van der Waals surface area (Å²) in [6, 6.07) is 16.9. The summed E-state index contributed by atoms with van der Waals surface area (Å²) in [6.07, 6.45) is 7.73. The Balaban J connectivity index is 1.26. The molecule has 2 unspecified atom stereocenters. The first-order valence-electron chi connectivity index (χ1n) is 14.3. The van der Waals surface area contributed by atoms with Crippen LogP contribution in [0.3, 0.4) is 0 Å². The topological polar surface area (TPSA) is 84.7 Å². The normalized spacial score (nSPS) is 22.4. The van der Waals surface area contributed by atoms with Crippen LogP contribution >= 0.6 is 0 Å². The fourth-order valence-corrected chi connectivity index (χ4v) is 7.52. The van der Waals surface area contributed by atoms with Crippen LogP contribution in [-0.4, -0.2) is 67.5 Å². The smallest absolute Gasteiger partial charge is 0.277 e. The van der Waals surface area contributed by atoms with Crippen LogP contribution in [-0.2, 0) is 21.7 Å². The predicted octanol–water partition coefficient (Wildman–Crippen LogP) is 4.78. The quantitative estimate of drug-likeness (QED) is 0.393. The van der Waals surface area contributed by atoms with Gasteiger partial charge in [-0.3, -0.25) is 9.69 Å². The molecule has 0 spiro atoms. The lowest BCUT2D eigenvalue weighted by Crippen LogP contribution is -2.39. The number of aromatic nitrogens is 2. The van der Waals surface area contributed by atoms with Crippen molar-refractivity contribution in [2.45, 2.75) is 74.9 Å². The van der Waals surface area contributed by atoms with E-state index >= 15 is 0 Å². The Bertz CT molecular complexity index is 1510. The minimum atomic E-state index is -3.61. The van der Waals surface area contributed by atoms with Crippen LogP contribution in [0.5, 0.6) is 5.75 Å². The summed E-state index contributed by atoms with van der Waals surface area (Å²) in [7, 11) is -2.03. The number of methoxy groups -OCH3 is 1. The molecule has 1 saturated heterocycles. The van der Waals surface area contributed by atoms with E-state index in [9.17, 15) is 13.2 Å². The van der Waals surface area contributed by atoms with Gasteiger partial charge in [0.1, 0.15) is 11.4 Å². The van der Waals surface area contributed by atoms with Gasteiger partial charge in [-0.2, -0.15) is 5.10 Å². The number of carbonyl (C=O) groups excluding carboxylic acids is 1. The zero-order valence-corrected chi connectivity index (χ0v) is 24.6. The standard InChI is InChI=1S/C31H38N4O4S/c1-21-5-6-22(2)33(21)20-18-31(16-17-31)23-7-9-24(10-8-23)34-19-15-27-28(30(34)36)35(32-29(27)40(4,37)38)25-11-13-26(39-3)14-12-25/h7-14,21-22H,5-6,15-20H2,1-4H3. The number of hydrogen-bond acceptors (Lipinski definition) is 6. The summed E-state index contributed by atoms with van der Waals surface area (Å²) in [5.41, 5.74) is 3.81. The van der Waals surface area contributed by atoms with Crippen molar-refractivity contribution in [1.29, 1.82) is 0 Å². The number of rotatable bonds is 8. The molecule has 3 heterocycles. The number of amides is 1. The summed E-state index contributed by atoms with van der Waals surface area (Å²) in [5.74, 6) is 0.421. The number of fused-ring (bicyclic) bond motifs is 1. The first-order valence-corrected chi connectivity index (χ1v) is 16.1. The van der Waals surface area contributed by atoms with Gasteiger partial charge in [0.25, 0.3) is 5.91 Å². The van der Waals surface area contributed by atoms with E-state index in [2.05, 4.69) is 36.0 Å². The summed E-state index contributed by atoms with van der Waals surface area (Å²) >= 11 is 0. The van der Waals surface area contributed by atoms with Gasteiger partial charge in [0.15, 0.2) is 14.9 Å². The van der Waals surface area contributed by atoms with Crippen molar-refractivity contribution in [2.24, 2.45) is 0 Å². The number of nitrogens with zero attached hydrogens (tertiary/aromatic N) is 4. The van der Waals surface area contributed by atoms with Gasteiger partial charge in [-0.1, -0.05) is 12.1 Å². The first-order chi connectivity index (χ1) is 19.1. The highest BCUT2D eigenvalue weighted by molar-refractivity contribution is 7.90. The Morgan fingerprint density at radius 2 is 1.60 bits per heavy atom. The Morgan fingerprint density at radius 1 is 0.975 bits per heavy atom. The second-order valence-corrected chi connectivity index (χ2v) is 13.7. The molecule has 1 saturated carbocycles. The minimum absolute atomic E-state index is 0.0287. The maximum Gasteiger partial charge on any atom is 0.277 e. The fraction of sp³-hybridized carbons (Fsp3) is 0.484. The van der Waals surface area contributed by atoms with Gasteiger partial charge >= 0.3 is 0 Å². The lowest BCUT2D eigenvalue weighted by atomic mass is 9.91. The van der Waals surface area contributed by atoms with Gasteiger partial charge in [-0.25, -0.2) is 13.1 Å². The van der Waals surface area contributed by atoms with E-state index < -0.39 is 9.84 Å². The molecule has 1 aromatic heterocycles. The average Bonchev–Trinajstić information content (AvgIpc) is 3.51. The predicted molar refractivity (Wildman–Crippen MR) is 155 cm³/mol. The molecule has 6 rings (SSSR count). The van der Waals surface area contributed by atoms with E-state index in [1.807, 2.05) is 12.1 Å². The molecule has 0 radical (unpaired) electrons. The highest BCUT2D eigenvalue weighted by atomic mass is 32.2. The molecule has 1 aliphatic carbocycles. The van der Waals surface area contributed by atoms with Crippen molar-refractivity contribution >= 4 is 21.4 Å². The number of ether oxygens (including phenoxy) is 1. The van der Waals surface area contributed by atoms with E-state index in [4.69, 9.17) is 4.74 Å². The second kappa shape index (κ2) is 10.0. The number of sulfone groups is 1. The molecule has 9 heteroatoms. The average molecular weight is 563 g/mol. The van der Waals surface area contributed by atoms with Gasteiger partial charge in [-0.05, 0) is 106 Å². The molecule has 2 aromatic carbocycles. The molecule has 212 valence electrons. The maximum absolute atomic E-state index is 13.9. The van der Waals surface area contributed by atoms with Crippen LogP contribution in [0.4, 0.5) is 5.69 Å². The maximum atomic E-state index is 13.9. The molecule has 40 heavy (non-hydrogen) atoms. The molecule has 8 nitrogen and oxygen atoms in total. The van der Waals surface area contributed by atoms with Crippen molar-refractivity contribution in [3.8, 4) is 11.4 Å². The largest absolute Gasteiger partial charge is 0.497 e. The monoisotopic (exact) mass is 562 g/mol. The first kappa shape index (κ1) is 27.0. The minimum Gasteiger partial charge on any atom is -0.497 e. The summed E-state index contributed by atoms with van der Waals surface area (Å²) in [6.45, 7) is 6.23. The Labute approximate surface area is 236 Å². The van der Waals surface area contributed by atoms with E-state index in [1.54, 1.807) is 36.3 Å². The van der Waals surface area contributed by atoms with Gasteiger partial charge < -0.3 is 9.64 Å². The number of benzene rings is 2. The zero-order chi connectivity index (χ0) is 28.2. The molecular formula is C31H38N4O4S. The Kier molecular flexibility index (Phi) is 6.78. The Hall–Kier alpha value is -3.17. The molecule has 3 aromatic rings. The molecule has 0 N–H and O–H groups in total. The van der Waals surface area contributed by atoms with Crippen molar-refractivity contribution in [3.63, 3.8) is 0 Å². The number of carbonyl (C=O) groups is 1. The molecule has 3 aliphatic rings. The van der Waals surface area contributed by atoms with Gasteiger partial charge in [0.05, 0.1) is 12.8 Å². The summed E-state index contributed by atoms with van der Waals surface area (Å²) in [4.78, 5) is 18.3. The molecule has 1 amide bonds. The van der Waals surface area contributed by atoms with Crippen molar-refractivity contribution in [2.75, 3.05) is 31.4 Å². The van der Waals surface area contributed by atoms with Gasteiger partial charge in [0, 0.05) is 36.1 Å². The molecule has 2 atom stereocenters. The van der Waals surface area contributed by atoms with Gasteiger partial charge in [-0.15, -0.1) is 0 Å². The van der Waals surface area contributed by atoms with Crippen molar-refractivity contribution in [3.05, 3.63) is 65.4 Å². The lowest BCUT2D eigenvalue weighted by Gasteiger charge is -2.29. The summed E-state index contributed by atoms with van der Waals surface area (Å²) < 4.78 is 31.9. The van der Waals surface area contributed by atoms with E-state index in [1.165, 1.54) is 42.3 Å². The Morgan fingerprint density at radius 3 is 2.17 bits per heavy atom. The molecule has 2 fully saturated rings. The van der Waals surface area contributed by atoms with Gasteiger partial charge in [0.2, 0.25) is 0 Å². The second-order valence-electron chi connectivity index (χ2n) is 11.8. The number of likely N-dealkylation sites (tertiary alicyclic amines) is 1. The van der Waals surface area contributed by atoms with E-state index in [-0.39, 0.29) is 16.3 Å². The van der Waals surface area contributed by atoms with Crippen LogP contribution in [0.25, 0.3) is 5.69 Å². The van der Waals surface area contributed by atoms with Crippen LogP contribution in [0.2, 0.25) is 0 Å². The van der Waals surface area contributed by atoms with Crippen molar-refractivity contribution in [1.82, 2.24) is 14.7 Å². The SMILES string of the molecule is COc1ccc(-n2nc(S(C)(=O)=O)c3c2C(=O)N(c2ccc(C4(CCN5C(C)CCC5C)CC4)cc2)CC3)cc1. The lowest BCUT2D eigenvalue weighted by molar-refractivity contribution is 0.0973. The number of anilines is 1. The highest BCUT2D eigenvalue weighted by Gasteiger charge is 2.45. The third kappa shape index (κ3) is 4.73. The van der Waals surface area contributed by atoms with E-state index in [0.29, 0.717) is 47.7 Å². The van der Waals surface area contributed by atoms with E-state index in [0.717, 1.165) is 18.5 Å². The van der Waals surface area contributed by atoms with Crippen LogP contribution in [0.15, 0.2) is 53.6 Å². The highest BCUT2D eigenvalue weighted by Crippen LogP contribution is 2.51. The molecule has 0 bridgehead atoms.